The lowest BCUT2D eigenvalue weighted by atomic mass is 10.3. The van der Waals surface area contributed by atoms with Gasteiger partial charge in [0.05, 0.1) is 16.8 Å². The minimum absolute atomic E-state index is 0.152. The summed E-state index contributed by atoms with van der Waals surface area (Å²) < 4.78 is 8.10. The summed E-state index contributed by atoms with van der Waals surface area (Å²) in [5.41, 5.74) is 1.52. The van der Waals surface area contributed by atoms with Gasteiger partial charge in [-0.25, -0.2) is 0 Å². The largest absolute Gasteiger partial charge is 0.484 e. The predicted molar refractivity (Wildman–Crippen MR) is 105 cm³/mol. The van der Waals surface area contributed by atoms with E-state index in [-0.39, 0.29) is 19.1 Å². The van der Waals surface area contributed by atoms with Crippen molar-refractivity contribution in [2.24, 2.45) is 4.99 Å². The Kier molecular flexibility index (Phi) is 5.69. The zero-order valence-corrected chi connectivity index (χ0v) is 15.5. The van der Waals surface area contributed by atoms with E-state index in [1.54, 1.807) is 22.8 Å². The van der Waals surface area contributed by atoms with Crippen LogP contribution in [0.4, 0.5) is 5.69 Å². The smallest absolute Gasteiger partial charge is 0.286 e. The van der Waals surface area contributed by atoms with E-state index >= 15 is 0 Å². The number of nitrogens with zero attached hydrogens (tertiary/aromatic N) is 2. The SMILES string of the molecule is C#CCn1c(=NC(=O)COc2ccccc2)sc2cc(NC(C)=O)ccc21. The fraction of sp³-hybridized carbons (Fsp3) is 0.150. The van der Waals surface area contributed by atoms with Gasteiger partial charge in [-0.15, -0.1) is 6.42 Å². The van der Waals surface area contributed by atoms with Crippen molar-refractivity contribution in [2.75, 3.05) is 11.9 Å². The molecule has 0 aliphatic rings. The molecule has 0 aliphatic heterocycles. The van der Waals surface area contributed by atoms with Crippen LogP contribution in [-0.4, -0.2) is 23.0 Å². The molecular formula is C20H17N3O3S. The van der Waals surface area contributed by atoms with Gasteiger partial charge in [0.2, 0.25) is 5.91 Å². The quantitative estimate of drug-likeness (QED) is 0.693. The summed E-state index contributed by atoms with van der Waals surface area (Å²) in [4.78, 5) is 28.1. The molecule has 0 unspecified atom stereocenters. The first-order valence-electron chi connectivity index (χ1n) is 8.16. The van der Waals surface area contributed by atoms with Gasteiger partial charge in [-0.3, -0.25) is 9.59 Å². The third-order valence-corrected chi connectivity index (χ3v) is 4.62. The van der Waals surface area contributed by atoms with E-state index < -0.39 is 5.91 Å². The molecule has 1 aromatic heterocycles. The highest BCUT2D eigenvalue weighted by atomic mass is 32.1. The third kappa shape index (κ3) is 4.63. The van der Waals surface area contributed by atoms with Gasteiger partial charge in [0, 0.05) is 12.6 Å². The second kappa shape index (κ2) is 8.34. The van der Waals surface area contributed by atoms with E-state index in [9.17, 15) is 9.59 Å². The van der Waals surface area contributed by atoms with E-state index in [4.69, 9.17) is 11.2 Å². The summed E-state index contributed by atoms with van der Waals surface area (Å²) in [6, 6.07) is 14.5. The number of anilines is 1. The van der Waals surface area contributed by atoms with E-state index in [1.165, 1.54) is 18.3 Å². The number of hydrogen-bond donors (Lipinski definition) is 1. The van der Waals surface area contributed by atoms with Crippen LogP contribution in [0.5, 0.6) is 5.75 Å². The average molecular weight is 379 g/mol. The Bertz CT molecular complexity index is 1090. The number of thiazole rings is 1. The Morgan fingerprint density at radius 2 is 2.04 bits per heavy atom. The first kappa shape index (κ1) is 18.4. The van der Waals surface area contributed by atoms with Crippen LogP contribution in [0.2, 0.25) is 0 Å². The first-order valence-corrected chi connectivity index (χ1v) is 8.98. The second-order valence-corrected chi connectivity index (χ2v) is 6.65. The highest BCUT2D eigenvalue weighted by Crippen LogP contribution is 2.22. The first-order chi connectivity index (χ1) is 13.1. The molecule has 0 saturated carbocycles. The minimum Gasteiger partial charge on any atom is -0.484 e. The van der Waals surface area contributed by atoms with E-state index in [0.29, 0.717) is 16.2 Å². The van der Waals surface area contributed by atoms with Crippen LogP contribution in [0.3, 0.4) is 0 Å². The normalized spacial score (nSPS) is 11.2. The molecule has 0 bridgehead atoms. The van der Waals surface area contributed by atoms with Crippen molar-refractivity contribution in [1.29, 1.82) is 0 Å². The Morgan fingerprint density at radius 3 is 2.74 bits per heavy atom. The summed E-state index contributed by atoms with van der Waals surface area (Å²) in [6.45, 7) is 1.57. The molecule has 0 fully saturated rings. The molecule has 0 saturated heterocycles. The van der Waals surface area contributed by atoms with E-state index in [2.05, 4.69) is 16.2 Å². The van der Waals surface area contributed by atoms with Crippen molar-refractivity contribution < 1.29 is 14.3 Å². The van der Waals surface area contributed by atoms with Crippen molar-refractivity contribution in [2.45, 2.75) is 13.5 Å². The lowest BCUT2D eigenvalue weighted by molar-refractivity contribution is -0.120. The molecule has 3 aromatic rings. The second-order valence-electron chi connectivity index (χ2n) is 5.65. The van der Waals surface area contributed by atoms with Crippen molar-refractivity contribution >= 4 is 39.1 Å². The number of para-hydroxylation sites is 1. The molecule has 0 spiro atoms. The molecule has 0 aliphatic carbocycles. The van der Waals surface area contributed by atoms with Gasteiger partial charge in [0.1, 0.15) is 5.75 Å². The summed E-state index contributed by atoms with van der Waals surface area (Å²) in [5.74, 6) is 2.63. The number of aromatic nitrogens is 1. The van der Waals surface area contributed by atoms with Crippen LogP contribution in [-0.2, 0) is 16.1 Å². The molecule has 7 heteroatoms. The van der Waals surface area contributed by atoms with Crippen LogP contribution in [0, 0.1) is 12.3 Å². The number of hydrogen-bond acceptors (Lipinski definition) is 4. The molecule has 0 atom stereocenters. The molecule has 3 rings (SSSR count). The van der Waals surface area contributed by atoms with Gasteiger partial charge in [0.15, 0.2) is 11.4 Å². The summed E-state index contributed by atoms with van der Waals surface area (Å²) in [7, 11) is 0. The van der Waals surface area contributed by atoms with Gasteiger partial charge in [-0.05, 0) is 30.3 Å². The highest BCUT2D eigenvalue weighted by molar-refractivity contribution is 7.16. The Hall–Kier alpha value is -3.37. The van der Waals surface area contributed by atoms with Crippen LogP contribution in [0.1, 0.15) is 6.92 Å². The van der Waals surface area contributed by atoms with Crippen LogP contribution in [0.15, 0.2) is 53.5 Å². The van der Waals surface area contributed by atoms with Gasteiger partial charge >= 0.3 is 0 Å². The molecule has 27 heavy (non-hydrogen) atoms. The fourth-order valence-corrected chi connectivity index (χ4v) is 3.57. The highest BCUT2D eigenvalue weighted by Gasteiger charge is 2.09. The zero-order chi connectivity index (χ0) is 19.2. The Morgan fingerprint density at radius 1 is 1.26 bits per heavy atom. The minimum atomic E-state index is -0.404. The number of terminal acetylenes is 1. The van der Waals surface area contributed by atoms with Gasteiger partial charge in [0.25, 0.3) is 5.91 Å². The van der Waals surface area contributed by atoms with Gasteiger partial charge in [-0.2, -0.15) is 4.99 Å². The van der Waals surface area contributed by atoms with Crippen molar-refractivity contribution in [1.82, 2.24) is 4.57 Å². The molecule has 6 nitrogen and oxygen atoms in total. The average Bonchev–Trinajstić information content (AvgIpc) is 2.97. The molecule has 136 valence electrons. The molecule has 1 heterocycles. The molecule has 2 aromatic carbocycles. The van der Waals surface area contributed by atoms with Crippen molar-refractivity contribution in [3.63, 3.8) is 0 Å². The molecular weight excluding hydrogens is 362 g/mol. The monoisotopic (exact) mass is 379 g/mol. The van der Waals surface area contributed by atoms with E-state index in [0.717, 1.165) is 10.2 Å². The summed E-state index contributed by atoms with van der Waals surface area (Å²) in [5, 5.41) is 2.74. The standard InChI is InChI=1S/C20H17N3O3S/c1-3-11-23-17-10-9-15(21-14(2)24)12-18(17)27-20(23)22-19(25)13-26-16-7-5-4-6-8-16/h1,4-10,12H,11,13H2,2H3,(H,21,24). The number of fused-ring (bicyclic) bond motifs is 1. The Balaban J connectivity index is 1.90. The van der Waals surface area contributed by atoms with Crippen molar-refractivity contribution in [3.8, 4) is 18.1 Å². The maximum absolute atomic E-state index is 12.2. The van der Waals surface area contributed by atoms with Gasteiger partial charge < -0.3 is 14.6 Å². The molecule has 2 amide bonds. The van der Waals surface area contributed by atoms with Crippen LogP contribution in [0.25, 0.3) is 10.2 Å². The molecule has 1 N–H and O–H groups in total. The fourth-order valence-electron chi connectivity index (χ4n) is 2.48. The van der Waals surface area contributed by atoms with Crippen molar-refractivity contribution in [3.05, 3.63) is 53.3 Å². The van der Waals surface area contributed by atoms with Crippen LogP contribution < -0.4 is 14.9 Å². The number of carbonyl (C=O) groups excluding carboxylic acids is 2. The zero-order valence-electron chi connectivity index (χ0n) is 14.6. The Labute approximate surface area is 160 Å². The van der Waals surface area contributed by atoms with Crippen LogP contribution >= 0.6 is 11.3 Å². The molecule has 0 radical (unpaired) electrons. The maximum Gasteiger partial charge on any atom is 0.286 e. The maximum atomic E-state index is 12.2. The number of nitrogens with one attached hydrogen (secondary N) is 1. The summed E-state index contributed by atoms with van der Waals surface area (Å²) in [6.07, 6.45) is 5.47. The summed E-state index contributed by atoms with van der Waals surface area (Å²) >= 11 is 1.33. The van der Waals surface area contributed by atoms with E-state index in [1.807, 2.05) is 30.3 Å². The topological polar surface area (TPSA) is 72.7 Å². The number of ether oxygens (including phenoxy) is 1. The number of benzene rings is 2. The third-order valence-electron chi connectivity index (χ3n) is 3.58. The van der Waals surface area contributed by atoms with Gasteiger partial charge in [-0.1, -0.05) is 35.5 Å². The lowest BCUT2D eigenvalue weighted by Gasteiger charge is -2.03. The number of amides is 2. The predicted octanol–water partition coefficient (Wildman–Crippen LogP) is 2.80. The number of carbonyl (C=O) groups is 2. The lowest BCUT2D eigenvalue weighted by Crippen LogP contribution is -2.19. The number of rotatable bonds is 5.